The van der Waals surface area contributed by atoms with E-state index >= 15 is 0 Å². The Morgan fingerprint density at radius 1 is 1.25 bits per heavy atom. The van der Waals surface area contributed by atoms with Gasteiger partial charge in [0.15, 0.2) is 0 Å². The second-order valence-corrected chi connectivity index (χ2v) is 7.26. The van der Waals surface area contributed by atoms with Crippen LogP contribution in [0.4, 0.5) is 0 Å². The van der Waals surface area contributed by atoms with Crippen molar-refractivity contribution < 1.29 is 8.42 Å². The third-order valence-electron chi connectivity index (χ3n) is 2.97. The van der Waals surface area contributed by atoms with Crippen LogP contribution in [0.15, 0.2) is 0 Å². The second kappa shape index (κ2) is 6.83. The highest BCUT2D eigenvalue weighted by molar-refractivity contribution is 7.99. The zero-order chi connectivity index (χ0) is 12.0. The molecule has 0 radical (unpaired) electrons. The molecule has 4 nitrogen and oxygen atoms in total. The molecule has 0 atom stereocenters. The molecule has 0 aromatic heterocycles. The van der Waals surface area contributed by atoms with Crippen molar-refractivity contribution in [3.63, 3.8) is 0 Å². The zero-order valence-corrected chi connectivity index (χ0v) is 11.7. The van der Waals surface area contributed by atoms with E-state index < -0.39 is 10.0 Å². The number of sulfonamides is 1. The average Bonchev–Trinajstić information content (AvgIpc) is 2.27. The Morgan fingerprint density at radius 3 is 2.38 bits per heavy atom. The zero-order valence-electron chi connectivity index (χ0n) is 10.0. The van der Waals surface area contributed by atoms with E-state index in [9.17, 15) is 8.42 Å². The maximum absolute atomic E-state index is 11.7. The van der Waals surface area contributed by atoms with Crippen LogP contribution in [0.5, 0.6) is 0 Å². The lowest BCUT2D eigenvalue weighted by molar-refractivity contribution is 0.420. The summed E-state index contributed by atoms with van der Waals surface area (Å²) in [5, 5.41) is 3.58. The smallest absolute Gasteiger partial charge is 0.213 e. The Balaban J connectivity index is 2.32. The summed E-state index contributed by atoms with van der Waals surface area (Å²) in [6.07, 6.45) is 6.33. The molecule has 1 saturated carbocycles. The Labute approximate surface area is 103 Å². The van der Waals surface area contributed by atoms with Crippen molar-refractivity contribution in [2.24, 2.45) is 0 Å². The molecule has 0 saturated heterocycles. The monoisotopic (exact) mass is 266 g/mol. The maximum atomic E-state index is 11.7. The minimum Gasteiger partial charge on any atom is -0.319 e. The summed E-state index contributed by atoms with van der Waals surface area (Å²) in [5.41, 5.74) is 0. The molecule has 0 heterocycles. The van der Waals surface area contributed by atoms with E-state index in [4.69, 9.17) is 0 Å². The predicted octanol–water partition coefficient (Wildman–Crippen LogP) is 0.799. The van der Waals surface area contributed by atoms with E-state index in [1.165, 1.54) is 0 Å². The second-order valence-electron chi connectivity index (χ2n) is 4.25. The van der Waals surface area contributed by atoms with Crippen LogP contribution in [-0.2, 0) is 10.0 Å². The Kier molecular flexibility index (Phi) is 6.10. The molecule has 1 rings (SSSR count). The van der Waals surface area contributed by atoms with Crippen molar-refractivity contribution in [3.05, 3.63) is 0 Å². The highest BCUT2D eigenvalue weighted by atomic mass is 32.2. The van der Waals surface area contributed by atoms with Gasteiger partial charge in [0.05, 0.1) is 5.75 Å². The summed E-state index contributed by atoms with van der Waals surface area (Å²) < 4.78 is 26.1. The van der Waals surface area contributed by atoms with Crippen molar-refractivity contribution in [2.75, 3.05) is 25.6 Å². The Bertz CT molecular complexity index is 285. The van der Waals surface area contributed by atoms with Gasteiger partial charge in [-0.1, -0.05) is 0 Å². The highest BCUT2D eigenvalue weighted by Gasteiger charge is 2.23. The summed E-state index contributed by atoms with van der Waals surface area (Å²) >= 11 is 1.89. The number of rotatable bonds is 6. The normalized spacial score (nSPS) is 26.9. The van der Waals surface area contributed by atoms with Crippen molar-refractivity contribution in [2.45, 2.75) is 37.0 Å². The minimum absolute atomic E-state index is 0.158. The average molecular weight is 266 g/mol. The first-order chi connectivity index (χ1) is 7.57. The van der Waals surface area contributed by atoms with Gasteiger partial charge in [-0.3, -0.25) is 0 Å². The molecule has 2 N–H and O–H groups in total. The van der Waals surface area contributed by atoms with E-state index in [-0.39, 0.29) is 11.8 Å². The number of hydrogen-bond donors (Lipinski definition) is 2. The highest BCUT2D eigenvalue weighted by Crippen LogP contribution is 2.27. The van der Waals surface area contributed by atoms with E-state index in [1.807, 2.05) is 11.8 Å². The van der Waals surface area contributed by atoms with Crippen molar-refractivity contribution in [3.8, 4) is 0 Å². The van der Waals surface area contributed by atoms with Gasteiger partial charge in [0.2, 0.25) is 10.0 Å². The van der Waals surface area contributed by atoms with Crippen LogP contribution in [-0.4, -0.2) is 45.3 Å². The number of hydrogen-bond acceptors (Lipinski definition) is 4. The molecule has 1 fully saturated rings. The quantitative estimate of drug-likeness (QED) is 0.746. The maximum Gasteiger partial charge on any atom is 0.213 e. The summed E-state index contributed by atoms with van der Waals surface area (Å²) in [4.78, 5) is 0. The fraction of sp³-hybridized carbons (Fsp3) is 1.00. The third kappa shape index (κ3) is 5.03. The molecule has 0 aromatic carbocycles. The molecule has 0 spiro atoms. The lowest BCUT2D eigenvalue weighted by Crippen LogP contribution is -2.40. The van der Waals surface area contributed by atoms with Crippen molar-refractivity contribution >= 4 is 21.8 Å². The van der Waals surface area contributed by atoms with E-state index in [0.717, 1.165) is 30.9 Å². The summed E-state index contributed by atoms with van der Waals surface area (Å²) in [6, 6.07) is 0.158. The third-order valence-corrected chi connectivity index (χ3v) is 5.55. The fourth-order valence-corrected chi connectivity index (χ4v) is 4.04. The topological polar surface area (TPSA) is 58.2 Å². The molecular weight excluding hydrogens is 244 g/mol. The molecular formula is C10H22N2O2S2. The van der Waals surface area contributed by atoms with Crippen LogP contribution in [0.25, 0.3) is 0 Å². The van der Waals surface area contributed by atoms with E-state index in [1.54, 1.807) is 7.05 Å². The lowest BCUT2D eigenvalue weighted by Gasteiger charge is -2.27. The van der Waals surface area contributed by atoms with Crippen LogP contribution in [0.2, 0.25) is 0 Å². The summed E-state index contributed by atoms with van der Waals surface area (Å²) in [7, 11) is -1.32. The van der Waals surface area contributed by atoms with Gasteiger partial charge >= 0.3 is 0 Å². The first-order valence-electron chi connectivity index (χ1n) is 5.75. The molecule has 6 heteroatoms. The molecule has 0 amide bonds. The first-order valence-corrected chi connectivity index (χ1v) is 8.69. The van der Waals surface area contributed by atoms with Crippen LogP contribution >= 0.6 is 11.8 Å². The largest absolute Gasteiger partial charge is 0.319 e. The standard InChI is InChI=1S/C10H22N2O2S2/c1-11-7-8-16(13,14)12-9-3-5-10(15-2)6-4-9/h9-12H,3-8H2,1-2H3. The Morgan fingerprint density at radius 2 is 1.88 bits per heavy atom. The summed E-state index contributed by atoms with van der Waals surface area (Å²) in [5.74, 6) is 0.173. The van der Waals surface area contributed by atoms with Gasteiger partial charge in [0, 0.05) is 17.8 Å². The minimum atomic E-state index is -3.09. The molecule has 1 aliphatic rings. The molecule has 0 bridgehead atoms. The molecule has 0 aromatic rings. The van der Waals surface area contributed by atoms with Crippen molar-refractivity contribution in [1.82, 2.24) is 10.0 Å². The van der Waals surface area contributed by atoms with Crippen LogP contribution in [0, 0.1) is 0 Å². The van der Waals surface area contributed by atoms with Crippen molar-refractivity contribution in [1.29, 1.82) is 0 Å². The first kappa shape index (κ1) is 14.3. The van der Waals surface area contributed by atoms with Gasteiger partial charge in [-0.05, 0) is 39.0 Å². The predicted molar refractivity (Wildman–Crippen MR) is 70.4 cm³/mol. The van der Waals surface area contributed by atoms with Gasteiger partial charge in [0.1, 0.15) is 0 Å². The fourth-order valence-electron chi connectivity index (χ4n) is 1.97. The number of thioether (sulfide) groups is 1. The van der Waals surface area contributed by atoms with Gasteiger partial charge in [-0.25, -0.2) is 13.1 Å². The van der Waals surface area contributed by atoms with E-state index in [0.29, 0.717) is 6.54 Å². The molecule has 0 aliphatic heterocycles. The Hall–Kier alpha value is 0.220. The van der Waals surface area contributed by atoms with Crippen LogP contribution < -0.4 is 10.0 Å². The molecule has 0 unspecified atom stereocenters. The molecule has 16 heavy (non-hydrogen) atoms. The molecule has 1 aliphatic carbocycles. The van der Waals surface area contributed by atoms with Crippen LogP contribution in [0.3, 0.4) is 0 Å². The lowest BCUT2D eigenvalue weighted by atomic mass is 9.96. The molecule has 96 valence electrons. The SMILES string of the molecule is CNCCS(=O)(=O)NC1CCC(SC)CC1. The van der Waals surface area contributed by atoms with Gasteiger partial charge in [-0.2, -0.15) is 11.8 Å². The number of nitrogens with one attached hydrogen (secondary N) is 2. The van der Waals surface area contributed by atoms with E-state index in [2.05, 4.69) is 16.3 Å². The van der Waals surface area contributed by atoms with Gasteiger partial charge in [-0.15, -0.1) is 0 Å². The van der Waals surface area contributed by atoms with Gasteiger partial charge in [0.25, 0.3) is 0 Å². The van der Waals surface area contributed by atoms with Gasteiger partial charge < -0.3 is 5.32 Å². The summed E-state index contributed by atoms with van der Waals surface area (Å²) in [6.45, 7) is 0.509. The van der Waals surface area contributed by atoms with Crippen LogP contribution in [0.1, 0.15) is 25.7 Å².